The van der Waals surface area contributed by atoms with Crippen LogP contribution in [0.4, 0.5) is 10.1 Å². The summed E-state index contributed by atoms with van der Waals surface area (Å²) in [6.45, 7) is 1.78. The van der Waals surface area contributed by atoms with Gasteiger partial charge in [0.05, 0.1) is 38.9 Å². The Morgan fingerprint density at radius 1 is 0.979 bits per heavy atom. The van der Waals surface area contributed by atoms with Crippen LogP contribution in [0, 0.1) is 15.9 Å². The Balaban J connectivity index is 1.41. The van der Waals surface area contributed by atoms with Gasteiger partial charge in [0.15, 0.2) is 4.80 Å². The summed E-state index contributed by atoms with van der Waals surface area (Å²) in [5.41, 5.74) is 1.63. The first-order valence-electron chi connectivity index (χ1n) is 14.3. The lowest BCUT2D eigenvalue weighted by molar-refractivity contribution is -0.384. The van der Waals surface area contributed by atoms with Crippen LogP contribution in [-0.4, -0.2) is 28.0 Å². The van der Waals surface area contributed by atoms with Gasteiger partial charge in [-0.05, 0) is 54.5 Å². The molecule has 1 aliphatic rings. The Bertz CT molecular complexity index is 2230. The summed E-state index contributed by atoms with van der Waals surface area (Å²) in [4.78, 5) is 55.6. The van der Waals surface area contributed by atoms with Gasteiger partial charge in [-0.3, -0.25) is 19.5 Å². The van der Waals surface area contributed by atoms with Crippen LogP contribution in [0.5, 0.6) is 5.75 Å². The molecule has 0 aliphatic carbocycles. The standard InChI is InChI=1S/C35H24FN3O7S/c1-2-45-34(42)29-30(22-7-4-3-5-8-22)37-35-38(31(29)23-13-15-25(36)16-14-23)32(40)28(47-35)19-21-11-17-27(18-12-21)46-33(41)24-9-6-10-26(20-24)39(43)44/h3-20,31H,2H2,1H3/b28-19-/t31-/m0/s1. The molecule has 47 heavy (non-hydrogen) atoms. The number of fused-ring (bicyclic) bond motifs is 1. The summed E-state index contributed by atoms with van der Waals surface area (Å²) in [6.07, 6.45) is 1.65. The zero-order chi connectivity index (χ0) is 33.1. The van der Waals surface area contributed by atoms with Gasteiger partial charge in [-0.15, -0.1) is 0 Å². The molecule has 1 aromatic heterocycles. The zero-order valence-electron chi connectivity index (χ0n) is 24.7. The third-order valence-corrected chi connectivity index (χ3v) is 8.22. The first-order valence-corrected chi connectivity index (χ1v) is 15.2. The van der Waals surface area contributed by atoms with Gasteiger partial charge in [-0.25, -0.2) is 19.0 Å². The fourth-order valence-electron chi connectivity index (χ4n) is 5.10. The number of halogens is 1. The fraction of sp³-hybridized carbons (Fsp3) is 0.0857. The number of carbonyl (C=O) groups excluding carboxylic acids is 2. The molecule has 0 unspecified atom stereocenters. The highest BCUT2D eigenvalue weighted by Gasteiger charge is 2.35. The van der Waals surface area contributed by atoms with Crippen LogP contribution in [0.3, 0.4) is 0 Å². The first-order chi connectivity index (χ1) is 22.7. The second kappa shape index (κ2) is 13.2. The van der Waals surface area contributed by atoms with Crippen molar-refractivity contribution < 1.29 is 28.4 Å². The van der Waals surface area contributed by atoms with E-state index in [9.17, 15) is 28.9 Å². The summed E-state index contributed by atoms with van der Waals surface area (Å²) in [7, 11) is 0. The number of non-ortho nitro benzene ring substituents is 1. The molecule has 0 saturated heterocycles. The van der Waals surface area contributed by atoms with Crippen molar-refractivity contribution in [1.29, 1.82) is 0 Å². The zero-order valence-corrected chi connectivity index (χ0v) is 25.5. The maximum Gasteiger partial charge on any atom is 0.343 e. The van der Waals surface area contributed by atoms with Crippen LogP contribution in [0.25, 0.3) is 11.8 Å². The van der Waals surface area contributed by atoms with Crippen molar-refractivity contribution in [3.63, 3.8) is 0 Å². The van der Waals surface area contributed by atoms with Gasteiger partial charge >= 0.3 is 11.9 Å². The van der Waals surface area contributed by atoms with Gasteiger partial charge in [-0.2, -0.15) is 0 Å². The van der Waals surface area contributed by atoms with Crippen molar-refractivity contribution in [3.8, 4) is 5.75 Å². The Kier molecular flexibility index (Phi) is 8.67. The van der Waals surface area contributed by atoms with E-state index in [1.165, 1.54) is 59.2 Å². The SMILES string of the molecule is CCOC(=O)C1=C(c2ccccc2)N=c2s/c(=C\c3ccc(OC(=O)c4cccc([N+](=O)[O-])c4)cc3)c(=O)n2[C@H]1c1ccc(F)cc1. The summed E-state index contributed by atoms with van der Waals surface area (Å²) in [6, 6.07) is 25.3. The first kappa shape index (κ1) is 31.0. The van der Waals surface area contributed by atoms with Gasteiger partial charge < -0.3 is 9.47 Å². The molecule has 5 aromatic rings. The molecule has 2 heterocycles. The molecule has 0 saturated carbocycles. The third-order valence-electron chi connectivity index (χ3n) is 7.24. The smallest absolute Gasteiger partial charge is 0.343 e. The minimum Gasteiger partial charge on any atom is -0.463 e. The van der Waals surface area contributed by atoms with Crippen LogP contribution < -0.4 is 19.6 Å². The van der Waals surface area contributed by atoms with Crippen LogP contribution >= 0.6 is 11.3 Å². The number of hydrogen-bond acceptors (Lipinski definition) is 9. The van der Waals surface area contributed by atoms with Crippen molar-refractivity contribution >= 4 is 40.7 Å². The predicted octanol–water partition coefficient (Wildman–Crippen LogP) is 5.20. The maximum absolute atomic E-state index is 14.0. The Morgan fingerprint density at radius 3 is 2.38 bits per heavy atom. The van der Waals surface area contributed by atoms with E-state index in [0.717, 1.165) is 17.4 Å². The Hall–Kier alpha value is -6.01. The molecule has 0 radical (unpaired) electrons. The molecule has 0 fully saturated rings. The van der Waals surface area contributed by atoms with E-state index in [1.807, 2.05) is 30.3 Å². The number of rotatable bonds is 8. The average molecular weight is 650 g/mol. The third kappa shape index (κ3) is 6.40. The molecular weight excluding hydrogens is 625 g/mol. The van der Waals surface area contributed by atoms with Gasteiger partial charge in [0.2, 0.25) is 0 Å². The molecule has 10 nitrogen and oxygen atoms in total. The molecule has 0 N–H and O–H groups in total. The molecular formula is C35H24FN3O7S. The summed E-state index contributed by atoms with van der Waals surface area (Å²) >= 11 is 1.13. The maximum atomic E-state index is 14.0. The van der Waals surface area contributed by atoms with E-state index in [-0.39, 0.29) is 29.2 Å². The van der Waals surface area contributed by atoms with Gasteiger partial charge in [0, 0.05) is 17.7 Å². The summed E-state index contributed by atoms with van der Waals surface area (Å²) in [5, 5.41) is 11.1. The van der Waals surface area contributed by atoms with E-state index in [0.29, 0.717) is 31.7 Å². The molecule has 6 rings (SSSR count). The number of ether oxygens (including phenoxy) is 2. The number of nitro groups is 1. The van der Waals surface area contributed by atoms with Crippen molar-refractivity contribution in [3.05, 3.63) is 167 Å². The molecule has 0 amide bonds. The number of thiazole rings is 1. The number of nitrogens with zero attached hydrogens (tertiary/aromatic N) is 3. The van der Waals surface area contributed by atoms with Gasteiger partial charge in [0.25, 0.3) is 11.2 Å². The number of benzene rings is 4. The fourth-order valence-corrected chi connectivity index (χ4v) is 6.10. The van der Waals surface area contributed by atoms with Crippen molar-refractivity contribution in [2.75, 3.05) is 6.61 Å². The largest absolute Gasteiger partial charge is 0.463 e. The van der Waals surface area contributed by atoms with Gasteiger partial charge in [0.1, 0.15) is 11.6 Å². The highest BCUT2D eigenvalue weighted by molar-refractivity contribution is 7.07. The lowest BCUT2D eigenvalue weighted by Crippen LogP contribution is -2.40. The van der Waals surface area contributed by atoms with E-state index in [4.69, 9.17) is 14.5 Å². The number of hydrogen-bond donors (Lipinski definition) is 0. The molecule has 0 spiro atoms. The van der Waals surface area contributed by atoms with Crippen molar-refractivity contribution in [1.82, 2.24) is 4.57 Å². The topological polar surface area (TPSA) is 130 Å². The minimum absolute atomic E-state index is 0.0251. The highest BCUT2D eigenvalue weighted by Crippen LogP contribution is 2.35. The average Bonchev–Trinajstić information content (AvgIpc) is 3.39. The number of aromatic nitrogens is 1. The lowest BCUT2D eigenvalue weighted by atomic mass is 9.93. The van der Waals surface area contributed by atoms with Crippen LogP contribution in [0.1, 0.15) is 40.0 Å². The summed E-state index contributed by atoms with van der Waals surface area (Å²) < 4.78 is 26.5. The molecule has 4 aromatic carbocycles. The molecule has 234 valence electrons. The van der Waals surface area contributed by atoms with E-state index >= 15 is 0 Å². The number of nitro benzene ring substituents is 1. The summed E-state index contributed by atoms with van der Waals surface area (Å²) in [5.74, 6) is -1.68. The van der Waals surface area contributed by atoms with Crippen LogP contribution in [-0.2, 0) is 9.53 Å². The predicted molar refractivity (Wildman–Crippen MR) is 172 cm³/mol. The monoisotopic (exact) mass is 649 g/mol. The number of esters is 2. The Morgan fingerprint density at radius 2 is 1.70 bits per heavy atom. The van der Waals surface area contributed by atoms with E-state index in [1.54, 1.807) is 25.1 Å². The molecule has 1 aliphatic heterocycles. The molecule has 0 bridgehead atoms. The van der Waals surface area contributed by atoms with Crippen LogP contribution in [0.15, 0.2) is 118 Å². The second-order valence-corrected chi connectivity index (χ2v) is 11.3. The number of carbonyl (C=O) groups is 2. The van der Waals surface area contributed by atoms with E-state index in [2.05, 4.69) is 0 Å². The van der Waals surface area contributed by atoms with Gasteiger partial charge in [-0.1, -0.05) is 72.0 Å². The Labute approximate surface area is 270 Å². The van der Waals surface area contributed by atoms with E-state index < -0.39 is 34.3 Å². The normalized spacial score (nSPS) is 14.3. The quantitative estimate of drug-likeness (QED) is 0.0978. The highest BCUT2D eigenvalue weighted by atomic mass is 32.1. The lowest BCUT2D eigenvalue weighted by Gasteiger charge is -2.25. The van der Waals surface area contributed by atoms with Crippen molar-refractivity contribution in [2.24, 2.45) is 4.99 Å². The minimum atomic E-state index is -0.946. The molecule has 12 heteroatoms. The molecule has 1 atom stereocenters. The van der Waals surface area contributed by atoms with Crippen LogP contribution in [0.2, 0.25) is 0 Å². The van der Waals surface area contributed by atoms with Crippen molar-refractivity contribution in [2.45, 2.75) is 13.0 Å². The second-order valence-electron chi connectivity index (χ2n) is 10.2.